The molecule has 0 amide bonds. The molecule has 0 aromatic carbocycles. The number of pyridine rings is 1. The highest BCUT2D eigenvalue weighted by Gasteiger charge is 2.34. The van der Waals surface area contributed by atoms with Crippen LogP contribution < -0.4 is 5.73 Å². The minimum atomic E-state index is -4.55. The van der Waals surface area contributed by atoms with E-state index in [1.165, 1.54) is 0 Å². The summed E-state index contributed by atoms with van der Waals surface area (Å²) in [5.74, 6) is -0.773. The standard InChI is InChI=1S/C8H7F3N2O/c9-8(10,11)6-1-2-13-4-5(6)7(14)3-12/h1-2,4H,3,12H2. The van der Waals surface area contributed by atoms with E-state index in [9.17, 15) is 18.0 Å². The van der Waals surface area contributed by atoms with Gasteiger partial charge in [0.25, 0.3) is 0 Å². The quantitative estimate of drug-likeness (QED) is 0.737. The lowest BCUT2D eigenvalue weighted by molar-refractivity contribution is -0.138. The number of nitrogens with zero attached hydrogens (tertiary/aromatic N) is 1. The number of halogens is 3. The zero-order valence-corrected chi connectivity index (χ0v) is 7.01. The molecule has 1 aromatic heterocycles. The summed E-state index contributed by atoms with van der Waals surface area (Å²) in [7, 11) is 0. The number of hydrogen-bond acceptors (Lipinski definition) is 3. The van der Waals surface area contributed by atoms with Gasteiger partial charge in [-0.15, -0.1) is 0 Å². The lowest BCUT2D eigenvalue weighted by Crippen LogP contribution is -2.19. The van der Waals surface area contributed by atoms with Crippen molar-refractivity contribution >= 4 is 5.78 Å². The lowest BCUT2D eigenvalue weighted by Gasteiger charge is -2.09. The molecule has 0 radical (unpaired) electrons. The fraction of sp³-hybridized carbons (Fsp3) is 0.250. The van der Waals surface area contributed by atoms with Crippen molar-refractivity contribution in [3.63, 3.8) is 0 Å². The van der Waals surface area contributed by atoms with Crippen LogP contribution in [0.5, 0.6) is 0 Å². The fourth-order valence-corrected chi connectivity index (χ4v) is 0.974. The van der Waals surface area contributed by atoms with E-state index < -0.39 is 29.6 Å². The van der Waals surface area contributed by atoms with Crippen LogP contribution in [-0.4, -0.2) is 17.3 Å². The SMILES string of the molecule is NCC(=O)c1cnccc1C(F)(F)F. The first-order chi connectivity index (χ1) is 6.46. The molecule has 0 bridgehead atoms. The van der Waals surface area contributed by atoms with E-state index in [0.29, 0.717) is 0 Å². The van der Waals surface area contributed by atoms with Crippen molar-refractivity contribution in [1.29, 1.82) is 0 Å². The number of carbonyl (C=O) groups is 1. The molecular weight excluding hydrogens is 197 g/mol. The summed E-state index contributed by atoms with van der Waals surface area (Å²) in [5.41, 5.74) is 3.49. The average Bonchev–Trinajstić information content (AvgIpc) is 2.15. The van der Waals surface area contributed by atoms with Crippen LogP contribution in [0.3, 0.4) is 0 Å². The molecule has 0 saturated heterocycles. The van der Waals surface area contributed by atoms with E-state index in [-0.39, 0.29) is 0 Å². The summed E-state index contributed by atoms with van der Waals surface area (Å²) in [5, 5.41) is 0. The summed E-state index contributed by atoms with van der Waals surface area (Å²) in [6, 6.07) is 0.753. The smallest absolute Gasteiger partial charge is 0.324 e. The highest BCUT2D eigenvalue weighted by atomic mass is 19.4. The van der Waals surface area contributed by atoms with Gasteiger partial charge in [0.05, 0.1) is 12.1 Å². The Kier molecular flexibility index (Phi) is 2.85. The summed E-state index contributed by atoms with van der Waals surface area (Å²) in [4.78, 5) is 14.5. The molecule has 1 rings (SSSR count). The van der Waals surface area contributed by atoms with Crippen LogP contribution >= 0.6 is 0 Å². The van der Waals surface area contributed by atoms with Gasteiger partial charge >= 0.3 is 6.18 Å². The largest absolute Gasteiger partial charge is 0.417 e. The van der Waals surface area contributed by atoms with Crippen molar-refractivity contribution in [3.05, 3.63) is 29.6 Å². The number of hydrogen-bond donors (Lipinski definition) is 1. The maximum atomic E-state index is 12.3. The van der Waals surface area contributed by atoms with Gasteiger partial charge in [0.15, 0.2) is 5.78 Å². The molecule has 0 fully saturated rings. The van der Waals surface area contributed by atoms with Crippen LogP contribution in [0.25, 0.3) is 0 Å². The van der Waals surface area contributed by atoms with Gasteiger partial charge in [-0.25, -0.2) is 0 Å². The summed E-state index contributed by atoms with van der Waals surface area (Å²) in [6.45, 7) is -0.464. The molecule has 0 spiro atoms. The van der Waals surface area contributed by atoms with Crippen LogP contribution in [0, 0.1) is 0 Å². The van der Waals surface area contributed by atoms with Crippen LogP contribution in [0.2, 0.25) is 0 Å². The molecule has 0 atom stereocenters. The average molecular weight is 204 g/mol. The number of rotatable bonds is 2. The van der Waals surface area contributed by atoms with Gasteiger partial charge in [0.1, 0.15) is 0 Å². The van der Waals surface area contributed by atoms with E-state index in [2.05, 4.69) is 4.98 Å². The molecule has 0 aliphatic rings. The predicted octanol–water partition coefficient (Wildman–Crippen LogP) is 1.24. The third-order valence-corrected chi connectivity index (χ3v) is 1.61. The second-order valence-corrected chi connectivity index (χ2v) is 2.55. The van der Waals surface area contributed by atoms with Crippen molar-refractivity contribution in [3.8, 4) is 0 Å². The molecule has 1 aromatic rings. The molecule has 0 aliphatic carbocycles. The molecule has 2 N–H and O–H groups in total. The van der Waals surface area contributed by atoms with E-state index in [1.807, 2.05) is 0 Å². The fourth-order valence-electron chi connectivity index (χ4n) is 0.974. The molecule has 1 heterocycles. The Labute approximate surface area is 77.7 Å². The Morgan fingerprint density at radius 3 is 2.64 bits per heavy atom. The number of ketones is 1. The number of Topliss-reactive ketones (excluding diaryl/α,β-unsaturated/α-hetero) is 1. The van der Waals surface area contributed by atoms with E-state index in [1.54, 1.807) is 0 Å². The monoisotopic (exact) mass is 204 g/mol. The first-order valence-corrected chi connectivity index (χ1v) is 3.71. The lowest BCUT2D eigenvalue weighted by atomic mass is 10.1. The Bertz CT molecular complexity index is 349. The molecule has 0 aliphatic heterocycles. The number of alkyl halides is 3. The third-order valence-electron chi connectivity index (χ3n) is 1.61. The topological polar surface area (TPSA) is 56.0 Å². The molecule has 14 heavy (non-hydrogen) atoms. The second-order valence-electron chi connectivity index (χ2n) is 2.55. The maximum Gasteiger partial charge on any atom is 0.417 e. The maximum absolute atomic E-state index is 12.3. The first kappa shape index (κ1) is 10.6. The normalized spacial score (nSPS) is 11.4. The second kappa shape index (κ2) is 3.75. The molecule has 0 saturated carbocycles. The van der Waals surface area contributed by atoms with Crippen molar-refractivity contribution in [2.75, 3.05) is 6.54 Å². The van der Waals surface area contributed by atoms with Crippen LogP contribution in [0.4, 0.5) is 13.2 Å². The van der Waals surface area contributed by atoms with Gasteiger partial charge in [-0.2, -0.15) is 13.2 Å². The summed E-state index contributed by atoms with van der Waals surface area (Å²) >= 11 is 0. The van der Waals surface area contributed by atoms with E-state index in [0.717, 1.165) is 18.5 Å². The van der Waals surface area contributed by atoms with Gasteiger partial charge < -0.3 is 5.73 Å². The van der Waals surface area contributed by atoms with Crippen molar-refractivity contribution in [2.24, 2.45) is 5.73 Å². The van der Waals surface area contributed by atoms with Gasteiger partial charge in [-0.1, -0.05) is 0 Å². The molecule has 6 heteroatoms. The Morgan fingerprint density at radius 2 is 2.14 bits per heavy atom. The Hall–Kier alpha value is -1.43. The van der Waals surface area contributed by atoms with Gasteiger partial charge in [0, 0.05) is 18.0 Å². The minimum Gasteiger partial charge on any atom is -0.324 e. The van der Waals surface area contributed by atoms with Crippen molar-refractivity contribution < 1.29 is 18.0 Å². The van der Waals surface area contributed by atoms with E-state index in [4.69, 9.17) is 5.73 Å². The minimum absolute atomic E-state index is 0.464. The predicted molar refractivity (Wildman–Crippen MR) is 42.6 cm³/mol. The molecule has 76 valence electrons. The summed E-state index contributed by atoms with van der Waals surface area (Å²) < 4.78 is 37.0. The summed E-state index contributed by atoms with van der Waals surface area (Å²) in [6.07, 6.45) is -2.70. The zero-order chi connectivity index (χ0) is 10.8. The zero-order valence-electron chi connectivity index (χ0n) is 7.01. The van der Waals surface area contributed by atoms with Crippen molar-refractivity contribution in [1.82, 2.24) is 4.98 Å². The first-order valence-electron chi connectivity index (χ1n) is 3.71. The Balaban J connectivity index is 3.23. The molecular formula is C8H7F3N2O. The third kappa shape index (κ3) is 2.08. The van der Waals surface area contributed by atoms with Gasteiger partial charge in [0.2, 0.25) is 0 Å². The number of carbonyl (C=O) groups excluding carboxylic acids is 1. The molecule has 3 nitrogen and oxygen atoms in total. The van der Waals surface area contributed by atoms with Crippen LogP contribution in [0.1, 0.15) is 15.9 Å². The van der Waals surface area contributed by atoms with Crippen LogP contribution in [-0.2, 0) is 6.18 Å². The van der Waals surface area contributed by atoms with Crippen LogP contribution in [0.15, 0.2) is 18.5 Å². The van der Waals surface area contributed by atoms with Gasteiger partial charge in [-0.3, -0.25) is 9.78 Å². The van der Waals surface area contributed by atoms with E-state index >= 15 is 0 Å². The highest BCUT2D eigenvalue weighted by Crippen LogP contribution is 2.31. The molecule has 0 unspecified atom stereocenters. The number of nitrogens with two attached hydrogens (primary N) is 1. The van der Waals surface area contributed by atoms with Gasteiger partial charge in [-0.05, 0) is 6.07 Å². The number of aromatic nitrogens is 1. The van der Waals surface area contributed by atoms with Crippen molar-refractivity contribution in [2.45, 2.75) is 6.18 Å². The highest BCUT2D eigenvalue weighted by molar-refractivity contribution is 5.98. The Morgan fingerprint density at radius 1 is 1.50 bits per heavy atom.